The van der Waals surface area contributed by atoms with E-state index in [-0.39, 0.29) is 12.4 Å². The summed E-state index contributed by atoms with van der Waals surface area (Å²) in [7, 11) is 0. The molecule has 2 aromatic rings. The van der Waals surface area contributed by atoms with Gasteiger partial charge in [-0.15, -0.1) is 0 Å². The molecule has 0 radical (unpaired) electrons. The van der Waals surface area contributed by atoms with Crippen LogP contribution in [0.4, 0.5) is 0 Å². The summed E-state index contributed by atoms with van der Waals surface area (Å²) >= 11 is 0. The molecule has 0 aliphatic carbocycles. The average molecular weight is 497 g/mol. The Labute approximate surface area is 215 Å². The molecule has 2 rings (SSSR count). The summed E-state index contributed by atoms with van der Waals surface area (Å²) in [5.74, 6) is 2.10. The number of benzene rings is 2. The lowest BCUT2D eigenvalue weighted by atomic mass is 9.99. The van der Waals surface area contributed by atoms with E-state index in [0.717, 1.165) is 0 Å². The highest BCUT2D eigenvalue weighted by Crippen LogP contribution is 2.30. The molecule has 0 atom stereocenters. The molecule has 0 heterocycles. The van der Waals surface area contributed by atoms with Gasteiger partial charge in [-0.1, -0.05) is 41.5 Å². The first-order valence-corrected chi connectivity index (χ1v) is 12.7. The molecule has 0 saturated carbocycles. The van der Waals surface area contributed by atoms with Crippen LogP contribution in [0.2, 0.25) is 0 Å². The van der Waals surface area contributed by atoms with Crippen LogP contribution in [0.15, 0.2) is 42.5 Å². The predicted octanol–water partition coefficient (Wildman–Crippen LogP) is 6.60. The molecule has 196 valence electrons. The van der Waals surface area contributed by atoms with E-state index in [1.54, 1.807) is 49.4 Å². The van der Waals surface area contributed by atoms with Crippen molar-refractivity contribution in [2.45, 2.75) is 48.5 Å². The lowest BCUT2D eigenvalue weighted by Crippen LogP contribution is -2.11. The van der Waals surface area contributed by atoms with Gasteiger partial charge in [0.25, 0.3) is 0 Å². The second-order valence-corrected chi connectivity index (χ2v) is 9.94. The van der Waals surface area contributed by atoms with Crippen LogP contribution >= 0.6 is 0 Å². The Balaban J connectivity index is 2.43. The number of hydrogen-bond acceptors (Lipinski definition) is 6. The van der Waals surface area contributed by atoms with Crippen molar-refractivity contribution in [1.29, 1.82) is 0 Å². The fraction of sp³-hybridized carbons (Fsp3) is 0.467. The van der Waals surface area contributed by atoms with E-state index in [4.69, 9.17) is 18.9 Å². The summed E-state index contributed by atoms with van der Waals surface area (Å²) < 4.78 is 22.8. The van der Waals surface area contributed by atoms with Crippen LogP contribution in [0.25, 0.3) is 6.08 Å². The Morgan fingerprint density at radius 1 is 0.778 bits per heavy atom. The highest BCUT2D eigenvalue weighted by molar-refractivity contribution is 6.11. The second kappa shape index (κ2) is 14.3. The highest BCUT2D eigenvalue weighted by atomic mass is 16.5. The van der Waals surface area contributed by atoms with Crippen molar-refractivity contribution >= 4 is 17.8 Å². The van der Waals surface area contributed by atoms with E-state index in [1.807, 2.05) is 0 Å². The minimum atomic E-state index is -0.453. The van der Waals surface area contributed by atoms with Crippen molar-refractivity contribution in [1.82, 2.24) is 0 Å². The maximum atomic E-state index is 13.6. The molecular weight excluding hydrogens is 456 g/mol. The van der Waals surface area contributed by atoms with Gasteiger partial charge in [0.15, 0.2) is 5.78 Å². The molecule has 6 nitrogen and oxygen atoms in total. The van der Waals surface area contributed by atoms with Crippen LogP contribution < -0.4 is 14.2 Å². The van der Waals surface area contributed by atoms with E-state index in [0.29, 0.717) is 71.5 Å². The normalized spacial score (nSPS) is 11.4. The summed E-state index contributed by atoms with van der Waals surface area (Å²) in [5, 5.41) is 0. The first kappa shape index (κ1) is 29.0. The summed E-state index contributed by atoms with van der Waals surface area (Å²) in [5.41, 5.74) is 1.53. The zero-order valence-corrected chi connectivity index (χ0v) is 22.6. The molecule has 2 aromatic carbocycles. The second-order valence-electron chi connectivity index (χ2n) is 9.94. The van der Waals surface area contributed by atoms with Crippen molar-refractivity contribution in [2.24, 2.45) is 17.8 Å². The predicted molar refractivity (Wildman–Crippen MR) is 143 cm³/mol. The van der Waals surface area contributed by atoms with E-state index < -0.39 is 5.97 Å². The SMILES string of the molecule is CCOC(=O)C=Cc1cc(C(=O)c2ccc(OCC(C)C)cc2OCC(C)C)ccc1OCC(C)C. The zero-order chi connectivity index (χ0) is 26.7. The minimum Gasteiger partial charge on any atom is -0.493 e. The van der Waals surface area contributed by atoms with Crippen molar-refractivity contribution in [3.63, 3.8) is 0 Å². The smallest absolute Gasteiger partial charge is 0.330 e. The van der Waals surface area contributed by atoms with E-state index in [9.17, 15) is 9.59 Å². The van der Waals surface area contributed by atoms with Gasteiger partial charge < -0.3 is 18.9 Å². The van der Waals surface area contributed by atoms with Gasteiger partial charge >= 0.3 is 5.97 Å². The fourth-order valence-electron chi connectivity index (χ4n) is 3.13. The Morgan fingerprint density at radius 2 is 1.39 bits per heavy atom. The summed E-state index contributed by atoms with van der Waals surface area (Å²) in [6, 6.07) is 10.5. The van der Waals surface area contributed by atoms with Crippen LogP contribution in [0.3, 0.4) is 0 Å². The minimum absolute atomic E-state index is 0.189. The number of esters is 1. The van der Waals surface area contributed by atoms with Gasteiger partial charge in [0, 0.05) is 23.3 Å². The maximum Gasteiger partial charge on any atom is 0.330 e. The largest absolute Gasteiger partial charge is 0.493 e. The van der Waals surface area contributed by atoms with E-state index >= 15 is 0 Å². The third-order valence-electron chi connectivity index (χ3n) is 4.88. The summed E-state index contributed by atoms with van der Waals surface area (Å²) in [4.78, 5) is 25.5. The molecule has 6 heteroatoms. The third kappa shape index (κ3) is 9.40. The van der Waals surface area contributed by atoms with Gasteiger partial charge in [0.05, 0.1) is 32.0 Å². The first-order valence-electron chi connectivity index (χ1n) is 12.7. The number of ketones is 1. The Bertz CT molecular complexity index is 1040. The number of carbonyl (C=O) groups is 2. The van der Waals surface area contributed by atoms with Gasteiger partial charge in [-0.25, -0.2) is 4.79 Å². The zero-order valence-electron chi connectivity index (χ0n) is 22.6. The van der Waals surface area contributed by atoms with Gasteiger partial charge in [-0.3, -0.25) is 4.79 Å². The quantitative estimate of drug-likeness (QED) is 0.167. The lowest BCUT2D eigenvalue weighted by Gasteiger charge is -2.16. The van der Waals surface area contributed by atoms with Crippen molar-refractivity contribution < 1.29 is 28.5 Å². The number of hydrogen-bond donors (Lipinski definition) is 0. The van der Waals surface area contributed by atoms with Crippen molar-refractivity contribution in [3.8, 4) is 17.2 Å². The van der Waals surface area contributed by atoms with Crippen LogP contribution in [-0.4, -0.2) is 38.2 Å². The van der Waals surface area contributed by atoms with E-state index in [1.165, 1.54) is 6.08 Å². The van der Waals surface area contributed by atoms with Gasteiger partial charge in [-0.2, -0.15) is 0 Å². The molecule has 0 amide bonds. The van der Waals surface area contributed by atoms with Gasteiger partial charge in [0.2, 0.25) is 0 Å². The Kier molecular flexibility index (Phi) is 11.5. The maximum absolute atomic E-state index is 13.6. The monoisotopic (exact) mass is 496 g/mol. The number of rotatable bonds is 14. The molecular formula is C30H40O6. The summed E-state index contributed by atoms with van der Waals surface area (Å²) in [6.45, 7) is 16.0. The standard InChI is InChI=1S/C30H40O6/c1-8-33-29(31)14-10-23-15-24(9-13-27(23)35-18-21(4)5)30(32)26-12-11-25(34-17-20(2)3)16-28(26)36-19-22(6)7/h9-16,20-22H,8,17-19H2,1-7H3. The first-order chi connectivity index (χ1) is 17.1. The highest BCUT2D eigenvalue weighted by Gasteiger charge is 2.18. The average Bonchev–Trinajstić information content (AvgIpc) is 2.83. The lowest BCUT2D eigenvalue weighted by molar-refractivity contribution is -0.137. The molecule has 0 saturated heterocycles. The molecule has 0 fully saturated rings. The Hall–Kier alpha value is -3.28. The molecule has 0 aliphatic heterocycles. The molecule has 0 N–H and O–H groups in total. The topological polar surface area (TPSA) is 71.1 Å². The number of ether oxygens (including phenoxy) is 4. The molecule has 36 heavy (non-hydrogen) atoms. The molecule has 0 aromatic heterocycles. The molecule has 0 unspecified atom stereocenters. The van der Waals surface area contributed by atoms with Crippen molar-refractivity contribution in [3.05, 3.63) is 59.2 Å². The molecule has 0 bridgehead atoms. The van der Waals surface area contributed by atoms with Gasteiger partial charge in [-0.05, 0) is 61.1 Å². The summed E-state index contributed by atoms with van der Waals surface area (Å²) in [6.07, 6.45) is 2.96. The molecule has 0 aliphatic rings. The Morgan fingerprint density at radius 3 is 2.00 bits per heavy atom. The molecule has 0 spiro atoms. The van der Waals surface area contributed by atoms with Crippen LogP contribution in [0.5, 0.6) is 17.2 Å². The van der Waals surface area contributed by atoms with Crippen LogP contribution in [0, 0.1) is 17.8 Å². The van der Waals surface area contributed by atoms with E-state index in [2.05, 4.69) is 41.5 Å². The third-order valence-corrected chi connectivity index (χ3v) is 4.88. The van der Waals surface area contributed by atoms with Crippen LogP contribution in [0.1, 0.15) is 70.0 Å². The fourth-order valence-corrected chi connectivity index (χ4v) is 3.13. The van der Waals surface area contributed by atoms with Crippen molar-refractivity contribution in [2.75, 3.05) is 26.4 Å². The van der Waals surface area contributed by atoms with Crippen LogP contribution in [-0.2, 0) is 9.53 Å². The van der Waals surface area contributed by atoms with Gasteiger partial charge in [0.1, 0.15) is 17.2 Å². The number of carbonyl (C=O) groups excluding carboxylic acids is 2.